The molecule has 0 aromatic carbocycles. The van der Waals surface area contributed by atoms with Crippen LogP contribution in [0.1, 0.15) is 252 Å². The number of hydrogen-bond donors (Lipinski definition) is 0. The van der Waals surface area contributed by atoms with Gasteiger partial charge in [0, 0.05) is 64.8 Å². The Hall–Kier alpha value is -3.99. The molecule has 80 heavy (non-hydrogen) atoms. The number of amides is 2. The third kappa shape index (κ3) is 48.7. The third-order valence-corrected chi connectivity index (χ3v) is 14.3. The molecule has 0 saturated heterocycles. The highest BCUT2D eigenvalue weighted by Crippen LogP contribution is 2.16. The molecule has 0 atom stereocenters. The predicted molar refractivity (Wildman–Crippen MR) is 316 cm³/mol. The van der Waals surface area contributed by atoms with Crippen molar-refractivity contribution in [2.45, 2.75) is 252 Å². The van der Waals surface area contributed by atoms with Crippen molar-refractivity contribution in [3.05, 3.63) is 0 Å². The fourth-order valence-electron chi connectivity index (χ4n) is 9.10. The summed E-state index contributed by atoms with van der Waals surface area (Å²) in [6.45, 7) is 10.8. The van der Waals surface area contributed by atoms with E-state index in [0.717, 1.165) is 155 Å². The van der Waals surface area contributed by atoms with Crippen LogP contribution in [0.2, 0.25) is 0 Å². The normalized spacial score (nSPS) is 11.3. The average Bonchev–Trinajstić information content (AvgIpc) is 3.44. The largest absolute Gasteiger partial charge is 0.465 e. The van der Waals surface area contributed by atoms with Gasteiger partial charge in [-0.3, -0.25) is 28.8 Å². The van der Waals surface area contributed by atoms with E-state index in [2.05, 4.69) is 39.6 Å². The maximum absolute atomic E-state index is 14.0. The highest BCUT2D eigenvalue weighted by atomic mass is 16.6. The minimum atomic E-state index is -0.627. The van der Waals surface area contributed by atoms with E-state index in [1.54, 1.807) is 19.1 Å². The first-order valence-corrected chi connectivity index (χ1v) is 31.9. The van der Waals surface area contributed by atoms with Crippen LogP contribution in [0.3, 0.4) is 0 Å². The van der Waals surface area contributed by atoms with Crippen molar-refractivity contribution in [1.82, 2.24) is 14.7 Å². The third-order valence-electron chi connectivity index (χ3n) is 14.3. The van der Waals surface area contributed by atoms with Gasteiger partial charge in [0.15, 0.2) is 0 Å². The lowest BCUT2D eigenvalue weighted by molar-refractivity contribution is -0.155. The van der Waals surface area contributed by atoms with Gasteiger partial charge in [0.2, 0.25) is 0 Å². The summed E-state index contributed by atoms with van der Waals surface area (Å²) in [6.07, 6.45) is 30.4. The summed E-state index contributed by atoms with van der Waals surface area (Å²) in [6, 6.07) is -0.335. The molecule has 0 aliphatic carbocycles. The molecule has 0 rings (SSSR count). The van der Waals surface area contributed by atoms with Crippen molar-refractivity contribution in [2.75, 3.05) is 100 Å². The summed E-state index contributed by atoms with van der Waals surface area (Å²) in [5.74, 6) is -3.92. The monoisotopic (exact) mass is 1140 g/mol. The Labute approximate surface area is 486 Å². The van der Waals surface area contributed by atoms with Crippen LogP contribution in [-0.2, 0) is 61.9 Å². The highest BCUT2D eigenvalue weighted by Gasteiger charge is 2.24. The molecule has 0 N–H and O–H groups in total. The van der Waals surface area contributed by atoms with Crippen molar-refractivity contribution in [3.8, 4) is 0 Å². The average molecular weight is 1140 g/mol. The molecule has 0 heterocycles. The minimum Gasteiger partial charge on any atom is -0.465 e. The van der Waals surface area contributed by atoms with Gasteiger partial charge in [-0.15, -0.1) is 0 Å². The van der Waals surface area contributed by atoms with Gasteiger partial charge >= 0.3 is 41.8 Å². The van der Waals surface area contributed by atoms with Gasteiger partial charge in [-0.05, 0) is 65.1 Å². The number of carbonyl (C=O) groups is 7. The molecule has 468 valence electrons. The summed E-state index contributed by atoms with van der Waals surface area (Å²) in [5, 5.41) is 0. The van der Waals surface area contributed by atoms with Crippen molar-refractivity contribution in [3.63, 3.8) is 0 Å². The van der Waals surface area contributed by atoms with E-state index in [-0.39, 0.29) is 121 Å². The fourth-order valence-corrected chi connectivity index (χ4v) is 9.10. The van der Waals surface area contributed by atoms with Crippen LogP contribution < -0.4 is 0 Å². The first-order chi connectivity index (χ1) is 38.8. The molecule has 0 spiro atoms. The Balaban J connectivity index is 5.89. The highest BCUT2D eigenvalue weighted by molar-refractivity contribution is 5.75. The Kier molecular flexibility index (Phi) is 52.8. The molecular weight excluding hydrogens is 1020 g/mol. The van der Waals surface area contributed by atoms with Gasteiger partial charge in [0.25, 0.3) is 0 Å². The molecule has 0 aromatic rings. The molecule has 0 radical (unpaired) electrons. The van der Waals surface area contributed by atoms with Gasteiger partial charge in [0.05, 0.1) is 52.4 Å². The van der Waals surface area contributed by atoms with Crippen LogP contribution in [-0.4, -0.2) is 157 Å². The number of hydrogen-bond acceptors (Lipinski definition) is 15. The van der Waals surface area contributed by atoms with E-state index in [0.29, 0.717) is 32.2 Å². The number of methoxy groups -OCH3 is 1. The molecule has 2 amide bonds. The van der Waals surface area contributed by atoms with Crippen LogP contribution in [0, 0.1) is 11.8 Å². The molecule has 0 aromatic heterocycles. The second-order valence-electron chi connectivity index (χ2n) is 22.1. The standard InChI is InChI=1S/C63H117N3O14/c1-8-12-16-20-24-30-37-57(67)77-51-55(52-78-58(68)38-31-25-21-17-13-9-2)49-61(71)75-47-44-66(63(73)65(6)43-36-42-64(5)41-34-28-29-35-46-74-7)45-48-76-62(72)50-56(53-79-59(69)39-32-26-22-18-14-10-3)54-80-60(70)40-33-27-23-19-15-11-4/h55-56H,8-54H2,1-7H3. The Morgan fingerprint density at radius 2 is 0.637 bits per heavy atom. The Bertz CT molecular complexity index is 1400. The van der Waals surface area contributed by atoms with E-state index >= 15 is 0 Å². The maximum Gasteiger partial charge on any atom is 0.319 e. The van der Waals surface area contributed by atoms with E-state index < -0.39 is 23.8 Å². The number of unbranched alkanes of at least 4 members (excludes halogenated alkanes) is 23. The van der Waals surface area contributed by atoms with E-state index in [4.69, 9.17) is 33.2 Å². The number of esters is 6. The molecule has 0 aliphatic heterocycles. The number of rotatable bonds is 57. The van der Waals surface area contributed by atoms with E-state index in [9.17, 15) is 33.6 Å². The predicted octanol–water partition coefficient (Wildman–Crippen LogP) is 13.1. The topological polar surface area (TPSA) is 194 Å². The first kappa shape index (κ1) is 76.0. The second-order valence-corrected chi connectivity index (χ2v) is 22.1. The van der Waals surface area contributed by atoms with E-state index in [1.165, 1.54) is 30.6 Å². The van der Waals surface area contributed by atoms with Gasteiger partial charge in [-0.1, -0.05) is 169 Å². The SMILES string of the molecule is CCCCCCCCC(=O)OCC(COC(=O)CCCCCCCC)CC(=O)OCCN(CCOC(=O)CC(COC(=O)CCCCCCCC)COC(=O)CCCCCCCC)C(=O)N(C)CCCN(C)CCCCCCOC. The van der Waals surface area contributed by atoms with Crippen molar-refractivity contribution >= 4 is 41.8 Å². The number of ether oxygens (including phenoxy) is 7. The van der Waals surface area contributed by atoms with Crippen LogP contribution >= 0.6 is 0 Å². The van der Waals surface area contributed by atoms with E-state index in [1.807, 2.05) is 0 Å². The summed E-state index contributed by atoms with van der Waals surface area (Å²) in [5.41, 5.74) is 0. The summed E-state index contributed by atoms with van der Waals surface area (Å²) in [4.78, 5) is 97.0. The lowest BCUT2D eigenvalue weighted by Gasteiger charge is -2.29. The smallest absolute Gasteiger partial charge is 0.319 e. The van der Waals surface area contributed by atoms with Crippen LogP contribution in [0.4, 0.5) is 4.79 Å². The zero-order valence-electron chi connectivity index (χ0n) is 51.9. The quantitative estimate of drug-likeness (QED) is 0.0317. The number of urea groups is 1. The Morgan fingerprint density at radius 1 is 0.325 bits per heavy atom. The van der Waals surface area contributed by atoms with Gasteiger partial charge in [-0.2, -0.15) is 0 Å². The van der Waals surface area contributed by atoms with Crippen molar-refractivity contribution < 1.29 is 66.7 Å². The fraction of sp³-hybridized carbons (Fsp3) is 0.889. The summed E-state index contributed by atoms with van der Waals surface area (Å²) >= 11 is 0. The molecule has 17 heteroatoms. The molecule has 0 fully saturated rings. The molecule has 0 bridgehead atoms. The van der Waals surface area contributed by atoms with Crippen molar-refractivity contribution in [2.24, 2.45) is 11.8 Å². The lowest BCUT2D eigenvalue weighted by atomic mass is 10.1. The molecule has 0 aliphatic rings. The van der Waals surface area contributed by atoms with Crippen LogP contribution in [0.5, 0.6) is 0 Å². The van der Waals surface area contributed by atoms with Gasteiger partial charge in [-0.25, -0.2) is 4.79 Å². The molecule has 17 nitrogen and oxygen atoms in total. The lowest BCUT2D eigenvalue weighted by Crippen LogP contribution is -2.45. The van der Waals surface area contributed by atoms with Crippen LogP contribution in [0.15, 0.2) is 0 Å². The van der Waals surface area contributed by atoms with Crippen molar-refractivity contribution in [1.29, 1.82) is 0 Å². The zero-order chi connectivity index (χ0) is 59.1. The zero-order valence-corrected chi connectivity index (χ0v) is 51.9. The molecular formula is C63H117N3O14. The molecule has 0 saturated carbocycles. The Morgan fingerprint density at radius 3 is 0.988 bits per heavy atom. The van der Waals surface area contributed by atoms with Gasteiger partial charge in [0.1, 0.15) is 13.2 Å². The maximum atomic E-state index is 14.0. The number of nitrogens with zero attached hydrogens (tertiary/aromatic N) is 3. The summed E-state index contributed by atoms with van der Waals surface area (Å²) < 4.78 is 38.9. The second kappa shape index (κ2) is 55.5. The molecule has 0 unspecified atom stereocenters. The van der Waals surface area contributed by atoms with Gasteiger partial charge < -0.3 is 47.9 Å². The first-order valence-electron chi connectivity index (χ1n) is 31.9. The van der Waals surface area contributed by atoms with Crippen LogP contribution in [0.25, 0.3) is 0 Å². The number of carbonyl (C=O) groups excluding carboxylic acids is 7. The minimum absolute atomic E-state index is 0.00761. The summed E-state index contributed by atoms with van der Waals surface area (Å²) in [7, 11) is 5.50.